The Hall–Kier alpha value is -0.790. The van der Waals surface area contributed by atoms with Crippen molar-refractivity contribution in [3.8, 4) is 0 Å². The van der Waals surface area contributed by atoms with Gasteiger partial charge in [-0.25, -0.2) is 0 Å². The first-order valence-electron chi connectivity index (χ1n) is 20.6. The van der Waals surface area contributed by atoms with Crippen molar-refractivity contribution in [3.05, 3.63) is 11.6 Å². The summed E-state index contributed by atoms with van der Waals surface area (Å²) in [5.74, 6) is 3.81. The number of ether oxygens (including phenoxy) is 1. The molecule has 264 valence electrons. The minimum atomic E-state index is 0.0322. The molecular weight excluding hydrogens is 560 g/mol. The predicted octanol–water partition coefficient (Wildman–Crippen LogP) is 13.3. The van der Waals surface area contributed by atoms with E-state index in [0.29, 0.717) is 34.0 Å². The number of carbonyl (C=O) groups is 1. The van der Waals surface area contributed by atoms with Crippen molar-refractivity contribution in [1.29, 1.82) is 0 Å². The Kier molecular flexibility index (Phi) is 11.3. The number of hydrogen-bond donors (Lipinski definition) is 0. The van der Waals surface area contributed by atoms with Crippen LogP contribution >= 0.6 is 0 Å². The van der Waals surface area contributed by atoms with Crippen molar-refractivity contribution < 1.29 is 9.53 Å². The standard InChI is InChI=1S/C44H76O2/c1-10-11-12-13-14-15-16-17-18-19-20-21-38(45)46-37-26-28-42(7)35(40(37,4)5)25-29-44(9)36(42)23-22-34-39-33(3)32(2)24-27-41(39,6)30-31-43(34,44)8/h22,32-33,35-37,39H,10-21,23-31H2,1-9H3/t32?,33-,35?,36?,37-,39?,41+,42-,43?,44+/m0/s1. The third kappa shape index (κ3) is 6.45. The van der Waals surface area contributed by atoms with Crippen molar-refractivity contribution >= 4 is 5.97 Å². The zero-order chi connectivity index (χ0) is 33.4. The van der Waals surface area contributed by atoms with E-state index in [4.69, 9.17) is 4.74 Å². The van der Waals surface area contributed by atoms with Crippen LogP contribution in [0.3, 0.4) is 0 Å². The van der Waals surface area contributed by atoms with Gasteiger partial charge >= 0.3 is 5.97 Å². The van der Waals surface area contributed by atoms with Gasteiger partial charge < -0.3 is 4.74 Å². The van der Waals surface area contributed by atoms with Crippen molar-refractivity contribution in [3.63, 3.8) is 0 Å². The number of carbonyl (C=O) groups excluding carboxylic acids is 1. The highest BCUT2D eigenvalue weighted by atomic mass is 16.5. The summed E-state index contributed by atoms with van der Waals surface area (Å²) < 4.78 is 6.40. The van der Waals surface area contributed by atoms with Crippen LogP contribution < -0.4 is 0 Å². The molecule has 0 aromatic rings. The highest BCUT2D eigenvalue weighted by molar-refractivity contribution is 5.69. The Morgan fingerprint density at radius 1 is 0.739 bits per heavy atom. The van der Waals surface area contributed by atoms with Crippen LogP contribution in [-0.4, -0.2) is 12.1 Å². The van der Waals surface area contributed by atoms with Gasteiger partial charge in [-0.15, -0.1) is 0 Å². The van der Waals surface area contributed by atoms with Crippen LogP contribution in [0.1, 0.15) is 197 Å². The van der Waals surface area contributed by atoms with E-state index in [-0.39, 0.29) is 17.5 Å². The van der Waals surface area contributed by atoms with Gasteiger partial charge in [-0.1, -0.05) is 138 Å². The van der Waals surface area contributed by atoms with E-state index in [2.05, 4.69) is 68.4 Å². The molecular formula is C44H76O2. The smallest absolute Gasteiger partial charge is 0.306 e. The second-order valence-electron chi connectivity index (χ2n) is 19.4. The molecule has 5 unspecified atom stereocenters. The highest BCUT2D eigenvalue weighted by Crippen LogP contribution is 2.75. The van der Waals surface area contributed by atoms with Crippen molar-refractivity contribution in [2.75, 3.05) is 0 Å². The van der Waals surface area contributed by atoms with Gasteiger partial charge in [-0.2, -0.15) is 0 Å². The zero-order valence-electron chi connectivity index (χ0n) is 32.2. The minimum absolute atomic E-state index is 0.0322. The summed E-state index contributed by atoms with van der Waals surface area (Å²) in [6.45, 7) is 23.1. The number of hydrogen-bond acceptors (Lipinski definition) is 2. The van der Waals surface area contributed by atoms with E-state index in [9.17, 15) is 4.79 Å². The molecule has 0 N–H and O–H groups in total. The van der Waals surface area contributed by atoms with Gasteiger partial charge in [0.2, 0.25) is 0 Å². The summed E-state index contributed by atoms with van der Waals surface area (Å²) in [6.07, 6.45) is 29.7. The molecule has 10 atom stereocenters. The molecule has 0 aromatic carbocycles. The van der Waals surface area contributed by atoms with Gasteiger partial charge in [0, 0.05) is 11.8 Å². The lowest BCUT2D eigenvalue weighted by atomic mass is 9.33. The van der Waals surface area contributed by atoms with Crippen molar-refractivity contribution in [1.82, 2.24) is 0 Å². The van der Waals surface area contributed by atoms with Gasteiger partial charge in [0.25, 0.3) is 0 Å². The topological polar surface area (TPSA) is 26.3 Å². The van der Waals surface area contributed by atoms with Crippen LogP contribution in [0.2, 0.25) is 0 Å². The molecule has 0 aromatic heterocycles. The lowest BCUT2D eigenvalue weighted by Crippen LogP contribution is -2.65. The fraction of sp³-hybridized carbons (Fsp3) is 0.932. The number of allylic oxidation sites excluding steroid dienone is 2. The largest absolute Gasteiger partial charge is 0.462 e. The average molecular weight is 637 g/mol. The van der Waals surface area contributed by atoms with Crippen molar-refractivity contribution in [2.45, 2.75) is 203 Å². The summed E-state index contributed by atoms with van der Waals surface area (Å²) in [6, 6.07) is 0. The molecule has 0 spiro atoms. The molecule has 5 aliphatic rings. The normalized spacial score (nSPS) is 43.0. The Labute approximate surface area is 286 Å². The fourth-order valence-electron chi connectivity index (χ4n) is 13.2. The molecule has 4 saturated carbocycles. The fourth-order valence-corrected chi connectivity index (χ4v) is 13.2. The molecule has 46 heavy (non-hydrogen) atoms. The Balaban J connectivity index is 1.18. The lowest BCUT2D eigenvalue weighted by molar-refractivity contribution is -0.213. The molecule has 0 bridgehead atoms. The number of fused-ring (bicyclic) bond motifs is 7. The maximum absolute atomic E-state index is 13.1. The van der Waals surface area contributed by atoms with Gasteiger partial charge in [0.1, 0.15) is 6.10 Å². The first-order valence-corrected chi connectivity index (χ1v) is 20.6. The Bertz CT molecular complexity index is 1070. The van der Waals surface area contributed by atoms with E-state index in [1.807, 2.05) is 5.57 Å². The monoisotopic (exact) mass is 637 g/mol. The summed E-state index contributed by atoms with van der Waals surface area (Å²) in [7, 11) is 0. The first-order chi connectivity index (χ1) is 21.7. The Morgan fingerprint density at radius 3 is 2.02 bits per heavy atom. The number of unbranched alkanes of at least 4 members (excludes halogenated alkanes) is 10. The van der Waals surface area contributed by atoms with E-state index < -0.39 is 0 Å². The SMILES string of the molecule is CCCCCCCCCCCCCC(=O)O[C@H]1CC[C@@]2(C)C(CC[C@]3(C)C2CC=C2C4[C@@H](C)C(C)CC[C@]4(C)CCC23C)C1(C)C. The molecule has 5 rings (SSSR count). The summed E-state index contributed by atoms with van der Waals surface area (Å²) in [5, 5.41) is 0. The van der Waals surface area contributed by atoms with Crippen LogP contribution in [0.4, 0.5) is 0 Å². The minimum Gasteiger partial charge on any atom is -0.462 e. The van der Waals surface area contributed by atoms with Crippen LogP contribution in [0, 0.1) is 56.7 Å². The molecule has 2 nitrogen and oxygen atoms in total. The lowest BCUT2D eigenvalue weighted by Gasteiger charge is -2.71. The van der Waals surface area contributed by atoms with Crippen LogP contribution in [0.15, 0.2) is 11.6 Å². The van der Waals surface area contributed by atoms with Gasteiger partial charge in [-0.3, -0.25) is 4.79 Å². The quantitative estimate of drug-likeness (QED) is 0.114. The van der Waals surface area contributed by atoms with Crippen molar-refractivity contribution in [2.24, 2.45) is 56.7 Å². The molecule has 0 heterocycles. The van der Waals surface area contributed by atoms with Gasteiger partial charge in [0.15, 0.2) is 0 Å². The van der Waals surface area contributed by atoms with Crippen LogP contribution in [0.5, 0.6) is 0 Å². The summed E-state index contributed by atoms with van der Waals surface area (Å²) >= 11 is 0. The zero-order valence-corrected chi connectivity index (χ0v) is 32.2. The predicted molar refractivity (Wildman–Crippen MR) is 196 cm³/mol. The first kappa shape index (κ1) is 36.5. The maximum Gasteiger partial charge on any atom is 0.306 e. The van der Waals surface area contributed by atoms with Crippen LogP contribution in [0.25, 0.3) is 0 Å². The third-order valence-electron chi connectivity index (χ3n) is 16.6. The maximum atomic E-state index is 13.1. The molecule has 0 saturated heterocycles. The molecule has 4 fully saturated rings. The van der Waals surface area contributed by atoms with Gasteiger partial charge in [-0.05, 0) is 115 Å². The number of esters is 1. The number of rotatable bonds is 13. The molecule has 5 aliphatic carbocycles. The van der Waals surface area contributed by atoms with E-state index >= 15 is 0 Å². The molecule has 0 radical (unpaired) electrons. The van der Waals surface area contributed by atoms with Gasteiger partial charge in [0.05, 0.1) is 0 Å². The third-order valence-corrected chi connectivity index (χ3v) is 16.6. The molecule has 0 amide bonds. The van der Waals surface area contributed by atoms with E-state index in [0.717, 1.165) is 36.5 Å². The van der Waals surface area contributed by atoms with E-state index in [1.165, 1.54) is 116 Å². The molecule has 2 heteroatoms. The summed E-state index contributed by atoms with van der Waals surface area (Å²) in [5.41, 5.74) is 3.40. The van der Waals surface area contributed by atoms with Crippen LogP contribution in [-0.2, 0) is 9.53 Å². The van der Waals surface area contributed by atoms with E-state index in [1.54, 1.807) is 0 Å². The highest BCUT2D eigenvalue weighted by Gasteiger charge is 2.68. The average Bonchev–Trinajstić information content (AvgIpc) is 3.00. The summed E-state index contributed by atoms with van der Waals surface area (Å²) in [4.78, 5) is 13.1. The Morgan fingerprint density at radius 2 is 1.37 bits per heavy atom. The second-order valence-corrected chi connectivity index (χ2v) is 19.4. The second kappa shape index (κ2) is 14.2. The molecule has 0 aliphatic heterocycles.